The minimum atomic E-state index is -0.320. The minimum absolute atomic E-state index is 0.172. The molecular formula is C18H25N5O3. The summed E-state index contributed by atoms with van der Waals surface area (Å²) >= 11 is 0. The van der Waals surface area contributed by atoms with Gasteiger partial charge < -0.3 is 9.30 Å². The molecule has 1 atom stereocenters. The fourth-order valence-corrected chi connectivity index (χ4v) is 3.80. The molecule has 26 heavy (non-hydrogen) atoms. The van der Waals surface area contributed by atoms with Crippen molar-refractivity contribution in [3.63, 3.8) is 0 Å². The maximum atomic E-state index is 13.0. The Kier molecular flexibility index (Phi) is 4.02. The largest absolute Gasteiger partial charge is 0.376 e. The topological polar surface area (TPSA) is 75.5 Å². The molecule has 1 unspecified atom stereocenters. The van der Waals surface area contributed by atoms with Gasteiger partial charge in [-0.05, 0) is 25.7 Å². The van der Waals surface area contributed by atoms with Crippen LogP contribution in [-0.2, 0) is 24.9 Å². The molecule has 0 N–H and O–H groups in total. The predicted molar refractivity (Wildman–Crippen MR) is 98.7 cm³/mol. The number of nitrogens with zero attached hydrogens (tertiary/aromatic N) is 5. The summed E-state index contributed by atoms with van der Waals surface area (Å²) in [6, 6.07) is 0. The molecule has 0 spiro atoms. The van der Waals surface area contributed by atoms with Crippen molar-refractivity contribution < 1.29 is 4.74 Å². The Morgan fingerprint density at radius 3 is 2.73 bits per heavy atom. The van der Waals surface area contributed by atoms with E-state index in [1.54, 1.807) is 7.05 Å². The van der Waals surface area contributed by atoms with Gasteiger partial charge >= 0.3 is 5.69 Å². The lowest BCUT2D eigenvalue weighted by Crippen LogP contribution is -2.40. The van der Waals surface area contributed by atoms with Crippen LogP contribution in [0.15, 0.2) is 15.8 Å². The monoisotopic (exact) mass is 359 g/mol. The molecule has 1 saturated heterocycles. The van der Waals surface area contributed by atoms with Gasteiger partial charge in [0.05, 0.1) is 12.6 Å². The van der Waals surface area contributed by atoms with Crippen molar-refractivity contribution in [2.45, 2.75) is 52.8 Å². The van der Waals surface area contributed by atoms with Gasteiger partial charge in [-0.2, -0.15) is 4.98 Å². The van der Waals surface area contributed by atoms with Gasteiger partial charge in [-0.1, -0.05) is 13.8 Å². The smallest absolute Gasteiger partial charge is 0.332 e. The maximum Gasteiger partial charge on any atom is 0.332 e. The van der Waals surface area contributed by atoms with Crippen LogP contribution in [0.3, 0.4) is 0 Å². The average molecular weight is 359 g/mol. The lowest BCUT2D eigenvalue weighted by atomic mass is 10.2. The summed E-state index contributed by atoms with van der Waals surface area (Å²) in [5.41, 5.74) is 1.31. The van der Waals surface area contributed by atoms with Crippen molar-refractivity contribution >= 4 is 16.9 Å². The molecule has 0 amide bonds. The van der Waals surface area contributed by atoms with E-state index in [2.05, 4.69) is 9.55 Å². The fraction of sp³-hybridized carbons (Fsp3) is 0.611. The first-order valence-electron chi connectivity index (χ1n) is 9.17. The van der Waals surface area contributed by atoms with E-state index < -0.39 is 0 Å². The SMILES string of the molecule is Cc1cn2c3c(=O)n(CC(C)C)c(=O)n(C)c3nc2n1CC1CCCO1. The van der Waals surface area contributed by atoms with Crippen molar-refractivity contribution in [2.75, 3.05) is 6.61 Å². The molecule has 3 aromatic heterocycles. The standard InChI is InChI=1S/C18H25N5O3/c1-11(2)8-23-16(24)14-15(20(4)18(23)25)19-17-21(12(3)9-22(14)17)10-13-6-5-7-26-13/h9,11,13H,5-8,10H2,1-4H3. The van der Waals surface area contributed by atoms with Gasteiger partial charge in [0, 0.05) is 32.1 Å². The third-order valence-electron chi connectivity index (χ3n) is 5.10. The van der Waals surface area contributed by atoms with Crippen LogP contribution in [0.4, 0.5) is 0 Å². The Bertz CT molecular complexity index is 1090. The van der Waals surface area contributed by atoms with E-state index in [-0.39, 0.29) is 23.3 Å². The third-order valence-corrected chi connectivity index (χ3v) is 5.10. The normalized spacial score (nSPS) is 18.0. The van der Waals surface area contributed by atoms with E-state index in [1.807, 2.05) is 31.4 Å². The van der Waals surface area contributed by atoms with E-state index in [0.29, 0.717) is 30.0 Å². The summed E-state index contributed by atoms with van der Waals surface area (Å²) in [5.74, 6) is 0.884. The summed E-state index contributed by atoms with van der Waals surface area (Å²) in [4.78, 5) is 30.3. The molecule has 3 aromatic rings. The first-order valence-corrected chi connectivity index (χ1v) is 9.17. The van der Waals surface area contributed by atoms with E-state index >= 15 is 0 Å². The zero-order chi connectivity index (χ0) is 18.6. The zero-order valence-electron chi connectivity index (χ0n) is 15.7. The van der Waals surface area contributed by atoms with Crippen molar-refractivity contribution in [3.05, 3.63) is 32.7 Å². The minimum Gasteiger partial charge on any atom is -0.376 e. The number of imidazole rings is 2. The average Bonchev–Trinajstić information content (AvgIpc) is 3.28. The Morgan fingerprint density at radius 2 is 2.08 bits per heavy atom. The summed E-state index contributed by atoms with van der Waals surface area (Å²) in [5, 5.41) is 0. The summed E-state index contributed by atoms with van der Waals surface area (Å²) in [6.45, 7) is 7.88. The second-order valence-corrected chi connectivity index (χ2v) is 7.62. The number of ether oxygens (including phenoxy) is 1. The summed E-state index contributed by atoms with van der Waals surface area (Å²) < 4.78 is 12.4. The van der Waals surface area contributed by atoms with Crippen LogP contribution < -0.4 is 11.2 Å². The molecule has 1 fully saturated rings. The molecule has 4 heterocycles. The summed E-state index contributed by atoms with van der Waals surface area (Å²) in [7, 11) is 1.67. The van der Waals surface area contributed by atoms with E-state index in [4.69, 9.17) is 4.74 Å². The number of aryl methyl sites for hydroxylation is 2. The van der Waals surface area contributed by atoms with Crippen molar-refractivity contribution in [1.29, 1.82) is 0 Å². The van der Waals surface area contributed by atoms with Crippen molar-refractivity contribution in [1.82, 2.24) is 23.1 Å². The van der Waals surface area contributed by atoms with Gasteiger partial charge in [0.25, 0.3) is 5.56 Å². The van der Waals surface area contributed by atoms with Gasteiger partial charge in [-0.15, -0.1) is 0 Å². The maximum absolute atomic E-state index is 13.0. The molecule has 4 rings (SSSR count). The first-order chi connectivity index (χ1) is 12.4. The van der Waals surface area contributed by atoms with Gasteiger partial charge in [0.1, 0.15) is 0 Å². The lowest BCUT2D eigenvalue weighted by molar-refractivity contribution is 0.0974. The van der Waals surface area contributed by atoms with Crippen LogP contribution in [0.1, 0.15) is 32.4 Å². The number of rotatable bonds is 4. The molecule has 8 heteroatoms. The van der Waals surface area contributed by atoms with E-state index in [1.165, 1.54) is 9.13 Å². The van der Waals surface area contributed by atoms with Gasteiger partial charge in [-0.25, -0.2) is 4.79 Å². The van der Waals surface area contributed by atoms with Crippen LogP contribution in [0.2, 0.25) is 0 Å². The fourth-order valence-electron chi connectivity index (χ4n) is 3.80. The molecule has 0 saturated carbocycles. The second kappa shape index (κ2) is 6.12. The second-order valence-electron chi connectivity index (χ2n) is 7.62. The first kappa shape index (κ1) is 17.1. The molecule has 0 aliphatic carbocycles. The van der Waals surface area contributed by atoms with Gasteiger partial charge in [0.2, 0.25) is 5.78 Å². The van der Waals surface area contributed by atoms with Crippen molar-refractivity contribution in [3.8, 4) is 0 Å². The molecular weight excluding hydrogens is 334 g/mol. The van der Waals surface area contributed by atoms with E-state index in [9.17, 15) is 9.59 Å². The molecule has 1 aliphatic heterocycles. The highest BCUT2D eigenvalue weighted by Gasteiger charge is 2.23. The number of hydrogen-bond acceptors (Lipinski definition) is 4. The zero-order valence-corrected chi connectivity index (χ0v) is 15.7. The molecule has 0 aromatic carbocycles. The molecule has 8 nitrogen and oxygen atoms in total. The highest BCUT2D eigenvalue weighted by atomic mass is 16.5. The quantitative estimate of drug-likeness (QED) is 0.703. The van der Waals surface area contributed by atoms with Crippen LogP contribution >= 0.6 is 0 Å². The third kappa shape index (κ3) is 2.51. The van der Waals surface area contributed by atoms with Crippen LogP contribution in [0.25, 0.3) is 16.9 Å². The Labute approximate surface area is 150 Å². The predicted octanol–water partition coefficient (Wildman–Crippen LogP) is 1.29. The lowest BCUT2D eigenvalue weighted by Gasteiger charge is -2.11. The highest BCUT2D eigenvalue weighted by Crippen LogP contribution is 2.20. The number of aromatic nitrogens is 5. The van der Waals surface area contributed by atoms with Gasteiger partial charge in [-0.3, -0.25) is 18.3 Å². The van der Waals surface area contributed by atoms with Crippen molar-refractivity contribution in [2.24, 2.45) is 13.0 Å². The Balaban J connectivity index is 1.96. The van der Waals surface area contributed by atoms with Crippen LogP contribution in [0.5, 0.6) is 0 Å². The summed E-state index contributed by atoms with van der Waals surface area (Å²) in [6.07, 6.45) is 4.20. The Hall–Kier alpha value is -2.35. The number of fused-ring (bicyclic) bond motifs is 3. The molecule has 0 radical (unpaired) electrons. The van der Waals surface area contributed by atoms with Crippen LogP contribution in [0, 0.1) is 12.8 Å². The molecule has 1 aliphatic rings. The molecule has 0 bridgehead atoms. The molecule has 140 valence electrons. The number of hydrogen-bond donors (Lipinski definition) is 0. The highest BCUT2D eigenvalue weighted by molar-refractivity contribution is 5.75. The van der Waals surface area contributed by atoms with Crippen LogP contribution in [-0.4, -0.2) is 35.8 Å². The Morgan fingerprint density at radius 1 is 1.31 bits per heavy atom. The van der Waals surface area contributed by atoms with E-state index in [0.717, 1.165) is 25.1 Å². The van der Waals surface area contributed by atoms with Gasteiger partial charge in [0.15, 0.2) is 11.2 Å².